The van der Waals surface area contributed by atoms with Gasteiger partial charge in [0.1, 0.15) is 0 Å². The molecule has 1 rings (SSSR count). The number of rotatable bonds is 8. The molecule has 0 radical (unpaired) electrons. The number of carbonyl (C=O) groups is 1. The fourth-order valence-corrected chi connectivity index (χ4v) is 2.84. The van der Waals surface area contributed by atoms with Crippen LogP contribution in [-0.2, 0) is 9.53 Å². The summed E-state index contributed by atoms with van der Waals surface area (Å²) in [5.41, 5.74) is 1.36. The molecule has 136 valence electrons. The summed E-state index contributed by atoms with van der Waals surface area (Å²) in [6.45, 7) is 6.96. The zero-order chi connectivity index (χ0) is 19.0. The average Bonchev–Trinajstić information content (AvgIpc) is 2.58. The third kappa shape index (κ3) is 6.65. The summed E-state index contributed by atoms with van der Waals surface area (Å²) in [6, 6.07) is 6.91. The minimum atomic E-state index is -0.871. The predicted molar refractivity (Wildman–Crippen MR) is 103 cm³/mol. The topological polar surface area (TPSA) is 58.9 Å². The number of carbonyl (C=O) groups excluding carboxylic acids is 1. The van der Waals surface area contributed by atoms with Crippen LogP contribution in [0, 0.1) is 11.8 Å². The summed E-state index contributed by atoms with van der Waals surface area (Å²) in [5, 5.41) is 12.0. The summed E-state index contributed by atoms with van der Waals surface area (Å²) >= 11 is 11.9. The van der Waals surface area contributed by atoms with Gasteiger partial charge in [0.15, 0.2) is 0 Å². The molecule has 1 aromatic rings. The van der Waals surface area contributed by atoms with E-state index in [4.69, 9.17) is 27.9 Å². The molecule has 0 amide bonds. The van der Waals surface area contributed by atoms with Gasteiger partial charge in [-0.05, 0) is 49.4 Å². The SMILES string of the molecule is C=N/C=C(\C=C(/C)Cl)[C@@H](CC(C)C(=O)OC)[C@@H](O)c1ccc(Cl)cc1. The summed E-state index contributed by atoms with van der Waals surface area (Å²) in [6.07, 6.45) is 2.74. The number of halogens is 2. The first-order chi connectivity index (χ1) is 11.8. The Morgan fingerprint density at radius 3 is 2.48 bits per heavy atom. The Labute approximate surface area is 158 Å². The number of ether oxygens (including phenoxy) is 1. The monoisotopic (exact) mass is 383 g/mol. The van der Waals surface area contributed by atoms with Crippen molar-refractivity contribution in [3.63, 3.8) is 0 Å². The lowest BCUT2D eigenvalue weighted by molar-refractivity contribution is -0.145. The van der Waals surface area contributed by atoms with Gasteiger partial charge in [-0.25, -0.2) is 0 Å². The molecular formula is C19H23Cl2NO3. The first kappa shape index (κ1) is 21.4. The van der Waals surface area contributed by atoms with E-state index in [1.807, 2.05) is 0 Å². The number of nitrogens with zero attached hydrogens (tertiary/aromatic N) is 1. The predicted octanol–water partition coefficient (Wildman–Crippen LogP) is 4.92. The van der Waals surface area contributed by atoms with Gasteiger partial charge in [0.2, 0.25) is 0 Å². The molecule has 0 saturated heterocycles. The fourth-order valence-electron chi connectivity index (χ4n) is 2.59. The number of methoxy groups -OCH3 is 1. The van der Waals surface area contributed by atoms with Gasteiger partial charge in [0.05, 0.1) is 19.1 Å². The van der Waals surface area contributed by atoms with E-state index >= 15 is 0 Å². The molecule has 0 aliphatic rings. The second-order valence-electron chi connectivity index (χ2n) is 5.81. The van der Waals surface area contributed by atoms with Crippen molar-refractivity contribution in [2.75, 3.05) is 7.11 Å². The van der Waals surface area contributed by atoms with Crippen molar-refractivity contribution in [1.29, 1.82) is 0 Å². The number of benzene rings is 1. The Hall–Kier alpha value is -1.62. The van der Waals surface area contributed by atoms with Gasteiger partial charge in [0.25, 0.3) is 0 Å². The number of esters is 1. The summed E-state index contributed by atoms with van der Waals surface area (Å²) in [4.78, 5) is 15.6. The lowest BCUT2D eigenvalue weighted by Gasteiger charge is -2.26. The van der Waals surface area contributed by atoms with Gasteiger partial charge >= 0.3 is 5.97 Å². The van der Waals surface area contributed by atoms with E-state index in [1.54, 1.807) is 50.4 Å². The van der Waals surface area contributed by atoms with E-state index in [1.165, 1.54) is 7.11 Å². The van der Waals surface area contributed by atoms with Crippen molar-refractivity contribution < 1.29 is 14.6 Å². The summed E-state index contributed by atoms with van der Waals surface area (Å²) in [7, 11) is 1.34. The van der Waals surface area contributed by atoms with Gasteiger partial charge in [0, 0.05) is 22.2 Å². The van der Waals surface area contributed by atoms with Crippen LogP contribution in [0.5, 0.6) is 0 Å². The highest BCUT2D eigenvalue weighted by Gasteiger charge is 2.28. The molecule has 1 N–H and O–H groups in total. The minimum absolute atomic E-state index is 0.342. The Bertz CT molecular complexity index is 649. The van der Waals surface area contributed by atoms with Crippen LogP contribution in [0.3, 0.4) is 0 Å². The van der Waals surface area contributed by atoms with Crippen LogP contribution in [0.4, 0.5) is 0 Å². The molecule has 0 bridgehead atoms. The van der Waals surface area contributed by atoms with Crippen LogP contribution in [0.1, 0.15) is 31.9 Å². The van der Waals surface area contributed by atoms with Crippen molar-refractivity contribution in [1.82, 2.24) is 0 Å². The molecule has 6 heteroatoms. The lowest BCUT2D eigenvalue weighted by atomic mass is 9.82. The van der Waals surface area contributed by atoms with Crippen LogP contribution < -0.4 is 0 Å². The zero-order valence-electron chi connectivity index (χ0n) is 14.6. The molecule has 0 fully saturated rings. The number of hydrogen-bond donors (Lipinski definition) is 1. The largest absolute Gasteiger partial charge is 0.469 e. The molecular weight excluding hydrogens is 361 g/mol. The van der Waals surface area contributed by atoms with Crippen molar-refractivity contribution in [2.45, 2.75) is 26.4 Å². The summed E-state index contributed by atoms with van der Waals surface area (Å²) < 4.78 is 4.80. The average molecular weight is 384 g/mol. The molecule has 1 unspecified atom stereocenters. The van der Waals surface area contributed by atoms with E-state index in [-0.39, 0.29) is 5.97 Å². The molecule has 3 atom stereocenters. The fraction of sp³-hybridized carbons (Fsp3) is 0.368. The van der Waals surface area contributed by atoms with E-state index in [2.05, 4.69) is 11.7 Å². The van der Waals surface area contributed by atoms with E-state index < -0.39 is 17.9 Å². The minimum Gasteiger partial charge on any atom is -0.469 e. The van der Waals surface area contributed by atoms with Crippen LogP contribution in [0.2, 0.25) is 5.02 Å². The van der Waals surface area contributed by atoms with Gasteiger partial charge in [-0.2, -0.15) is 0 Å². The number of hydrogen-bond acceptors (Lipinski definition) is 4. The number of allylic oxidation sites excluding steroid dienone is 2. The van der Waals surface area contributed by atoms with Gasteiger partial charge < -0.3 is 9.84 Å². The summed E-state index contributed by atoms with van der Waals surface area (Å²) in [5.74, 6) is -1.17. The molecule has 0 aliphatic carbocycles. The van der Waals surface area contributed by atoms with Crippen LogP contribution >= 0.6 is 23.2 Å². The number of aliphatic hydroxyl groups is 1. The molecule has 0 heterocycles. The van der Waals surface area contributed by atoms with Crippen LogP contribution in [0.15, 0.2) is 52.1 Å². The number of aliphatic hydroxyl groups excluding tert-OH is 1. The third-order valence-electron chi connectivity index (χ3n) is 3.84. The first-order valence-corrected chi connectivity index (χ1v) is 8.56. The molecule has 25 heavy (non-hydrogen) atoms. The van der Waals surface area contributed by atoms with E-state index in [0.29, 0.717) is 27.6 Å². The van der Waals surface area contributed by atoms with Crippen molar-refractivity contribution in [3.05, 3.63) is 57.7 Å². The highest BCUT2D eigenvalue weighted by atomic mass is 35.5. The van der Waals surface area contributed by atoms with Crippen molar-refractivity contribution >= 4 is 35.9 Å². The van der Waals surface area contributed by atoms with Gasteiger partial charge in [-0.15, -0.1) is 0 Å². The van der Waals surface area contributed by atoms with Crippen molar-refractivity contribution in [2.24, 2.45) is 16.8 Å². The quantitative estimate of drug-likeness (QED) is 0.393. The smallest absolute Gasteiger partial charge is 0.308 e. The second-order valence-corrected chi connectivity index (χ2v) is 6.84. The maximum absolute atomic E-state index is 11.8. The van der Waals surface area contributed by atoms with Gasteiger partial charge in [-0.1, -0.05) is 42.3 Å². The Balaban J connectivity index is 3.27. The second kappa shape index (κ2) is 10.4. The molecule has 4 nitrogen and oxygen atoms in total. The highest BCUT2D eigenvalue weighted by Crippen LogP contribution is 2.35. The standard InChI is InChI=1S/C19H23Cl2NO3/c1-12(19(24)25-4)9-17(15(11-22-3)10-13(2)20)18(23)14-5-7-16(21)8-6-14/h5-8,10-12,17-18,23H,3,9H2,1-2,4H3/b13-10+,15-11+/t12?,17-,18+/m1/s1. The van der Waals surface area contributed by atoms with Crippen LogP contribution in [-0.4, -0.2) is 24.9 Å². The van der Waals surface area contributed by atoms with E-state index in [0.717, 1.165) is 0 Å². The van der Waals surface area contributed by atoms with Gasteiger partial charge in [-0.3, -0.25) is 9.79 Å². The Morgan fingerprint density at radius 2 is 2.00 bits per heavy atom. The Kier molecular flexibility index (Phi) is 8.90. The number of aliphatic imine (C=N–C) groups is 1. The van der Waals surface area contributed by atoms with Crippen LogP contribution in [0.25, 0.3) is 0 Å². The maximum Gasteiger partial charge on any atom is 0.308 e. The third-order valence-corrected chi connectivity index (χ3v) is 4.20. The zero-order valence-corrected chi connectivity index (χ0v) is 16.1. The molecule has 1 aromatic carbocycles. The van der Waals surface area contributed by atoms with E-state index in [9.17, 15) is 9.90 Å². The lowest BCUT2D eigenvalue weighted by Crippen LogP contribution is -2.22. The molecule has 0 saturated carbocycles. The molecule has 0 aromatic heterocycles. The first-order valence-electron chi connectivity index (χ1n) is 7.81. The Morgan fingerprint density at radius 1 is 1.40 bits per heavy atom. The molecule has 0 spiro atoms. The molecule has 0 aliphatic heterocycles. The normalized spacial score (nSPS) is 16.1. The highest BCUT2D eigenvalue weighted by molar-refractivity contribution is 6.30. The van der Waals surface area contributed by atoms with Crippen molar-refractivity contribution in [3.8, 4) is 0 Å². The maximum atomic E-state index is 11.8.